The summed E-state index contributed by atoms with van der Waals surface area (Å²) in [6.45, 7) is 4.93. The van der Waals surface area contributed by atoms with Crippen LogP contribution in [-0.4, -0.2) is 63.4 Å². The van der Waals surface area contributed by atoms with Gasteiger partial charge in [0.2, 0.25) is 11.7 Å². The van der Waals surface area contributed by atoms with Gasteiger partial charge in [-0.1, -0.05) is 6.07 Å². The summed E-state index contributed by atoms with van der Waals surface area (Å²) in [4.78, 5) is 28.0. The van der Waals surface area contributed by atoms with Crippen molar-refractivity contribution in [2.24, 2.45) is 0 Å². The van der Waals surface area contributed by atoms with E-state index in [1.807, 2.05) is 0 Å². The molecule has 9 nitrogen and oxygen atoms in total. The summed E-state index contributed by atoms with van der Waals surface area (Å²) in [6, 6.07) is 4.73. The van der Waals surface area contributed by atoms with Crippen LogP contribution in [0.25, 0.3) is 0 Å². The third-order valence-electron chi connectivity index (χ3n) is 5.89. The van der Waals surface area contributed by atoms with Gasteiger partial charge < -0.3 is 34.0 Å². The van der Waals surface area contributed by atoms with Crippen LogP contribution in [0.5, 0.6) is 23.0 Å². The topological polar surface area (TPSA) is 110 Å². The van der Waals surface area contributed by atoms with Gasteiger partial charge in [0.1, 0.15) is 11.5 Å². The molecule has 1 aliphatic heterocycles. The van der Waals surface area contributed by atoms with Gasteiger partial charge in [-0.15, -0.1) is 0 Å². The number of likely N-dealkylation sites (tertiary alicyclic amines) is 1. The lowest BCUT2D eigenvalue weighted by Gasteiger charge is -2.23. The third-order valence-corrected chi connectivity index (χ3v) is 5.89. The van der Waals surface area contributed by atoms with E-state index in [0.29, 0.717) is 29.4 Å². The third kappa shape index (κ3) is 5.60. The molecular weight excluding hydrogens is 428 g/mol. The predicted molar refractivity (Wildman–Crippen MR) is 123 cm³/mol. The Labute approximate surface area is 193 Å². The average molecular weight is 461 g/mol. The Kier molecular flexibility index (Phi) is 8.21. The fourth-order valence-corrected chi connectivity index (χ4v) is 4.31. The van der Waals surface area contributed by atoms with Crippen molar-refractivity contribution in [2.75, 3.05) is 47.5 Å². The minimum absolute atomic E-state index is 0.0131. The van der Waals surface area contributed by atoms with Gasteiger partial charge in [-0.2, -0.15) is 0 Å². The second kappa shape index (κ2) is 11.1. The molecule has 0 aliphatic carbocycles. The molecule has 1 aliphatic rings. The van der Waals surface area contributed by atoms with E-state index in [9.17, 15) is 14.7 Å². The van der Waals surface area contributed by atoms with Gasteiger partial charge in [-0.05, 0) is 38.9 Å². The molecule has 33 heavy (non-hydrogen) atoms. The fourth-order valence-electron chi connectivity index (χ4n) is 4.31. The molecule has 0 saturated carbocycles. The first-order valence-electron chi connectivity index (χ1n) is 11.0. The smallest absolute Gasteiger partial charge is 0.343 e. The molecule has 0 bridgehead atoms. The Morgan fingerprint density at radius 3 is 2.45 bits per heavy atom. The van der Waals surface area contributed by atoms with Crippen molar-refractivity contribution in [3.8, 4) is 23.0 Å². The molecule has 3 rings (SSSR count). The number of carbonyl (C=O) groups excluding carboxylic acids is 1. The van der Waals surface area contributed by atoms with E-state index in [4.69, 9.17) is 18.6 Å². The number of aryl methyl sites for hydroxylation is 1. The number of carbonyl (C=O) groups is 1. The quantitative estimate of drug-likeness (QED) is 0.556. The highest BCUT2D eigenvalue weighted by atomic mass is 16.5. The molecule has 1 unspecified atom stereocenters. The highest BCUT2D eigenvalue weighted by Gasteiger charge is 2.30. The van der Waals surface area contributed by atoms with E-state index in [1.165, 1.54) is 40.2 Å². The molecule has 2 aromatic rings. The van der Waals surface area contributed by atoms with Crippen LogP contribution in [0.15, 0.2) is 27.4 Å². The second-order valence-corrected chi connectivity index (χ2v) is 8.02. The van der Waals surface area contributed by atoms with Crippen LogP contribution >= 0.6 is 0 Å². The summed E-state index contributed by atoms with van der Waals surface area (Å²) >= 11 is 0. The Hall–Kier alpha value is -3.20. The number of methoxy groups -OCH3 is 3. The number of rotatable bonds is 10. The zero-order valence-corrected chi connectivity index (χ0v) is 19.6. The molecule has 180 valence electrons. The van der Waals surface area contributed by atoms with Crippen molar-refractivity contribution < 1.29 is 28.5 Å². The minimum atomic E-state index is -0.830. The van der Waals surface area contributed by atoms with Crippen LogP contribution in [0.3, 0.4) is 0 Å². The number of ether oxygens (including phenoxy) is 3. The van der Waals surface area contributed by atoms with Crippen molar-refractivity contribution in [3.63, 3.8) is 0 Å². The maximum atomic E-state index is 12.9. The highest BCUT2D eigenvalue weighted by molar-refractivity contribution is 5.78. The maximum Gasteiger partial charge on any atom is 0.343 e. The van der Waals surface area contributed by atoms with Crippen molar-refractivity contribution >= 4 is 5.91 Å². The number of benzene rings is 1. The van der Waals surface area contributed by atoms with Gasteiger partial charge in [0.25, 0.3) is 0 Å². The maximum absolute atomic E-state index is 12.9. The molecule has 1 aromatic heterocycles. The standard InChI is InChI=1S/C24H32N2O7/c1-15-13-18(27)21(24(29)33-15)17(14-20(28)25-9-12-26-10-5-6-11-26)16-7-8-19(30-2)23(32-4)22(16)31-3/h7-8,13,17,27H,5-6,9-12,14H2,1-4H3,(H,25,28). The number of hydrogen-bond acceptors (Lipinski definition) is 8. The second-order valence-electron chi connectivity index (χ2n) is 8.02. The summed E-state index contributed by atoms with van der Waals surface area (Å²) in [6.07, 6.45) is 2.27. The normalized spacial score (nSPS) is 14.7. The average Bonchev–Trinajstić information content (AvgIpc) is 3.30. The van der Waals surface area contributed by atoms with Crippen molar-refractivity contribution in [1.29, 1.82) is 0 Å². The number of nitrogens with zero attached hydrogens (tertiary/aromatic N) is 1. The summed E-state index contributed by atoms with van der Waals surface area (Å²) in [7, 11) is 4.44. The molecule has 2 N–H and O–H groups in total. The van der Waals surface area contributed by atoms with Crippen molar-refractivity contribution in [3.05, 3.63) is 45.5 Å². The van der Waals surface area contributed by atoms with Gasteiger partial charge in [0.05, 0.1) is 26.9 Å². The highest BCUT2D eigenvalue weighted by Crippen LogP contribution is 2.45. The number of amides is 1. The van der Waals surface area contributed by atoms with Crippen LogP contribution < -0.4 is 25.2 Å². The Morgan fingerprint density at radius 1 is 1.15 bits per heavy atom. The molecular formula is C24H32N2O7. The van der Waals surface area contributed by atoms with E-state index in [0.717, 1.165) is 19.6 Å². The molecule has 0 radical (unpaired) electrons. The van der Waals surface area contributed by atoms with Gasteiger partial charge in [-0.25, -0.2) is 4.79 Å². The molecule has 1 saturated heterocycles. The number of hydrogen-bond donors (Lipinski definition) is 2. The predicted octanol–water partition coefficient (Wildman–Crippen LogP) is 2.41. The van der Waals surface area contributed by atoms with E-state index in [1.54, 1.807) is 19.1 Å². The summed E-state index contributed by atoms with van der Waals surface area (Å²) in [5.74, 6) is 0.0229. The Balaban J connectivity index is 1.96. The Bertz CT molecular complexity index is 1030. The first-order chi connectivity index (χ1) is 15.9. The van der Waals surface area contributed by atoms with Crippen LogP contribution in [0.2, 0.25) is 0 Å². The lowest BCUT2D eigenvalue weighted by molar-refractivity contribution is -0.121. The summed E-state index contributed by atoms with van der Waals surface area (Å²) < 4.78 is 21.7. The van der Waals surface area contributed by atoms with Gasteiger partial charge in [0, 0.05) is 37.1 Å². The van der Waals surface area contributed by atoms with Crippen LogP contribution in [0.4, 0.5) is 0 Å². The lowest BCUT2D eigenvalue weighted by Crippen LogP contribution is -2.34. The molecule has 1 atom stereocenters. The molecule has 9 heteroatoms. The van der Waals surface area contributed by atoms with Gasteiger partial charge in [0.15, 0.2) is 11.5 Å². The molecule has 1 amide bonds. The van der Waals surface area contributed by atoms with Crippen LogP contribution in [0, 0.1) is 6.92 Å². The van der Waals surface area contributed by atoms with E-state index < -0.39 is 11.5 Å². The largest absolute Gasteiger partial charge is 0.507 e. The van der Waals surface area contributed by atoms with Crippen molar-refractivity contribution in [2.45, 2.75) is 32.1 Å². The SMILES string of the molecule is COc1ccc(C(CC(=O)NCCN2CCCC2)c2c(O)cc(C)oc2=O)c(OC)c1OC. The van der Waals surface area contributed by atoms with E-state index in [-0.39, 0.29) is 29.4 Å². The molecule has 2 heterocycles. The van der Waals surface area contributed by atoms with Crippen LogP contribution in [0.1, 0.15) is 42.1 Å². The summed E-state index contributed by atoms with van der Waals surface area (Å²) in [5.41, 5.74) is -0.226. The first-order valence-corrected chi connectivity index (χ1v) is 11.0. The van der Waals surface area contributed by atoms with Gasteiger partial charge >= 0.3 is 5.63 Å². The fraction of sp³-hybridized carbons (Fsp3) is 0.500. The minimum Gasteiger partial charge on any atom is -0.507 e. The van der Waals surface area contributed by atoms with Crippen LogP contribution in [-0.2, 0) is 4.79 Å². The summed E-state index contributed by atoms with van der Waals surface area (Å²) in [5, 5.41) is 13.6. The molecule has 1 fully saturated rings. The zero-order valence-electron chi connectivity index (χ0n) is 19.6. The Morgan fingerprint density at radius 2 is 1.85 bits per heavy atom. The van der Waals surface area contributed by atoms with Crippen molar-refractivity contribution in [1.82, 2.24) is 10.2 Å². The van der Waals surface area contributed by atoms with Gasteiger partial charge in [-0.3, -0.25) is 4.79 Å². The molecule has 1 aromatic carbocycles. The monoisotopic (exact) mass is 460 g/mol. The lowest BCUT2D eigenvalue weighted by atomic mass is 9.87. The first kappa shape index (κ1) is 24.4. The number of nitrogens with one attached hydrogen (secondary N) is 1. The van der Waals surface area contributed by atoms with E-state index in [2.05, 4.69) is 10.2 Å². The van der Waals surface area contributed by atoms with E-state index >= 15 is 0 Å². The number of aromatic hydroxyl groups is 1. The molecule has 0 spiro atoms. The zero-order chi connectivity index (χ0) is 24.0.